The maximum atomic E-state index is 12.2. The van der Waals surface area contributed by atoms with Gasteiger partial charge in [-0.25, -0.2) is 0 Å². The fraction of sp³-hybridized carbons (Fsp3) is 0.641. The third-order valence-electron chi connectivity index (χ3n) is 12.9. The first-order chi connectivity index (χ1) is 20.1. The van der Waals surface area contributed by atoms with Crippen LogP contribution in [0.2, 0.25) is 0 Å². The van der Waals surface area contributed by atoms with E-state index in [0.29, 0.717) is 10.8 Å². The maximum Gasteiger partial charge on any atom is 0.404 e. The normalized spacial score (nSPS) is 35.2. The molecule has 4 aliphatic rings. The summed E-state index contributed by atoms with van der Waals surface area (Å²) in [6.07, 6.45) is 17.2. The first-order valence-electron chi connectivity index (χ1n) is 17.4. The number of hydrogen-bond donors (Lipinski definition) is 1. The van der Waals surface area contributed by atoms with Gasteiger partial charge >= 0.3 is 8.56 Å². The van der Waals surface area contributed by atoms with Crippen molar-refractivity contribution in [1.29, 1.82) is 0 Å². The van der Waals surface area contributed by atoms with Crippen molar-refractivity contribution in [3.05, 3.63) is 72.3 Å². The van der Waals surface area contributed by atoms with Gasteiger partial charge in [0.2, 0.25) is 0 Å². The van der Waals surface area contributed by atoms with Crippen LogP contribution in [0.5, 0.6) is 0 Å². The van der Waals surface area contributed by atoms with Crippen molar-refractivity contribution in [2.75, 3.05) is 0 Å². The highest BCUT2D eigenvalue weighted by atomic mass is 28.4. The van der Waals surface area contributed by atoms with Crippen molar-refractivity contribution in [3.63, 3.8) is 0 Å². The quantitative estimate of drug-likeness (QED) is 0.236. The minimum atomic E-state index is -3.29. The molecule has 6 rings (SSSR count). The van der Waals surface area contributed by atoms with Crippen LogP contribution in [-0.2, 0) is 4.43 Å². The number of allylic oxidation sites excluding steroid dienone is 1. The van der Waals surface area contributed by atoms with Crippen LogP contribution in [-0.4, -0.2) is 19.5 Å². The summed E-state index contributed by atoms with van der Waals surface area (Å²) < 4.78 is 6.91. The van der Waals surface area contributed by atoms with E-state index >= 15 is 0 Å². The number of fused-ring (bicyclic) bond motifs is 5. The molecule has 0 aromatic heterocycles. The van der Waals surface area contributed by atoms with E-state index in [2.05, 4.69) is 65.0 Å². The van der Waals surface area contributed by atoms with Crippen molar-refractivity contribution in [2.24, 2.45) is 46.3 Å². The Labute approximate surface area is 257 Å². The molecule has 0 heterocycles. The zero-order valence-corrected chi connectivity index (χ0v) is 28.0. The van der Waals surface area contributed by atoms with Crippen LogP contribution in [0.1, 0.15) is 105 Å². The molecule has 0 saturated heterocycles. The fourth-order valence-electron chi connectivity index (χ4n) is 10.6. The molecule has 3 fully saturated rings. The van der Waals surface area contributed by atoms with Gasteiger partial charge in [0, 0.05) is 0 Å². The smallest absolute Gasteiger partial charge is 0.404 e. The summed E-state index contributed by atoms with van der Waals surface area (Å²) in [6, 6.07) is 20.4. The lowest BCUT2D eigenvalue weighted by molar-refractivity contribution is -0.0568. The molecule has 2 aromatic carbocycles. The molecule has 0 aliphatic heterocycles. The fourth-order valence-corrected chi connectivity index (χ4v) is 13.2. The monoisotopic (exact) mass is 584 g/mol. The van der Waals surface area contributed by atoms with Crippen LogP contribution in [0, 0.1) is 46.3 Å². The predicted molar refractivity (Wildman–Crippen MR) is 178 cm³/mol. The summed E-state index contributed by atoms with van der Waals surface area (Å²) >= 11 is 0. The lowest BCUT2D eigenvalue weighted by Crippen LogP contribution is -2.63. The van der Waals surface area contributed by atoms with Gasteiger partial charge in [0.15, 0.2) is 0 Å². The average Bonchev–Trinajstić information content (AvgIpc) is 3.35. The van der Waals surface area contributed by atoms with Gasteiger partial charge in [-0.1, -0.05) is 126 Å². The third-order valence-corrected chi connectivity index (χ3v) is 15.8. The van der Waals surface area contributed by atoms with Crippen LogP contribution < -0.4 is 10.4 Å². The lowest BCUT2D eigenvalue weighted by Gasteiger charge is -2.58. The van der Waals surface area contributed by atoms with E-state index in [-0.39, 0.29) is 6.10 Å². The SMILES string of the molecule is CC(C)CCC[C@@H](C)[C@H]1CC[C@H]2[C@@H]3CC=C4C[C@@H](O[Si](O)(c5ccccc5)c5ccccc5)CC[C@]4(C)[C@H]3CC[C@]12C. The second kappa shape index (κ2) is 12.0. The maximum absolute atomic E-state index is 12.2. The van der Waals surface area contributed by atoms with Crippen LogP contribution in [0.4, 0.5) is 0 Å². The number of rotatable bonds is 9. The Morgan fingerprint density at radius 2 is 1.50 bits per heavy atom. The van der Waals surface area contributed by atoms with Crippen molar-refractivity contribution in [1.82, 2.24) is 0 Å². The molecule has 0 unspecified atom stereocenters. The van der Waals surface area contributed by atoms with Crippen LogP contribution in [0.3, 0.4) is 0 Å². The van der Waals surface area contributed by atoms with Crippen molar-refractivity contribution >= 4 is 18.9 Å². The molecule has 1 N–H and O–H groups in total. The third kappa shape index (κ3) is 5.41. The highest BCUT2D eigenvalue weighted by molar-refractivity contribution is 6.91. The molecule has 3 heteroatoms. The Balaban J connectivity index is 1.18. The van der Waals surface area contributed by atoms with Gasteiger partial charge in [-0.15, -0.1) is 0 Å². The van der Waals surface area contributed by atoms with Gasteiger partial charge in [-0.3, -0.25) is 0 Å². The molecule has 2 aromatic rings. The molecule has 2 nitrogen and oxygen atoms in total. The molecule has 4 aliphatic carbocycles. The second-order valence-electron chi connectivity index (χ2n) is 15.6. The first kappa shape index (κ1) is 30.3. The summed E-state index contributed by atoms with van der Waals surface area (Å²) in [6.45, 7) is 12.6. The molecule has 228 valence electrons. The minimum Gasteiger partial charge on any atom is -0.404 e. The van der Waals surface area contributed by atoms with E-state index in [4.69, 9.17) is 4.43 Å². The number of hydrogen-bond acceptors (Lipinski definition) is 2. The number of benzene rings is 2. The predicted octanol–water partition coefficient (Wildman–Crippen LogP) is 8.66. The van der Waals surface area contributed by atoms with Gasteiger partial charge in [0.05, 0.1) is 6.10 Å². The zero-order valence-electron chi connectivity index (χ0n) is 27.0. The van der Waals surface area contributed by atoms with Crippen molar-refractivity contribution < 1.29 is 9.22 Å². The molecule has 0 spiro atoms. The van der Waals surface area contributed by atoms with Gasteiger partial charge in [0.1, 0.15) is 0 Å². The van der Waals surface area contributed by atoms with Gasteiger partial charge in [-0.2, -0.15) is 0 Å². The van der Waals surface area contributed by atoms with E-state index in [0.717, 1.165) is 58.7 Å². The Morgan fingerprint density at radius 1 is 0.833 bits per heavy atom. The summed E-state index contributed by atoms with van der Waals surface area (Å²) in [5.41, 5.74) is 2.47. The minimum absolute atomic E-state index is 0.0781. The molecule has 3 saturated carbocycles. The van der Waals surface area contributed by atoms with Crippen molar-refractivity contribution in [2.45, 2.75) is 111 Å². The summed E-state index contributed by atoms with van der Waals surface area (Å²) in [5, 5.41) is 1.89. The van der Waals surface area contributed by atoms with E-state index in [1.165, 1.54) is 57.8 Å². The summed E-state index contributed by atoms with van der Waals surface area (Å²) in [7, 11) is -3.29. The van der Waals surface area contributed by atoms with Crippen LogP contribution in [0.15, 0.2) is 72.3 Å². The zero-order chi connectivity index (χ0) is 29.5. The van der Waals surface area contributed by atoms with Crippen molar-refractivity contribution in [3.8, 4) is 0 Å². The Kier molecular flexibility index (Phi) is 8.68. The Bertz CT molecular complexity index is 1180. The van der Waals surface area contributed by atoms with Gasteiger partial charge in [-0.05, 0) is 108 Å². The Hall–Kier alpha value is -1.68. The summed E-state index contributed by atoms with van der Waals surface area (Å²) in [4.78, 5) is 12.2. The molecule has 8 atom stereocenters. The average molecular weight is 585 g/mol. The highest BCUT2D eigenvalue weighted by Crippen LogP contribution is 2.67. The highest BCUT2D eigenvalue weighted by Gasteiger charge is 2.59. The second-order valence-corrected chi connectivity index (χ2v) is 18.3. The summed E-state index contributed by atoms with van der Waals surface area (Å²) in [5.74, 6) is 5.17. The topological polar surface area (TPSA) is 29.5 Å². The van der Waals surface area contributed by atoms with E-state index in [1.807, 2.05) is 36.4 Å². The molecule has 0 bridgehead atoms. The largest absolute Gasteiger partial charge is 0.404 e. The van der Waals surface area contributed by atoms with Gasteiger partial charge in [0.25, 0.3) is 0 Å². The first-order valence-corrected chi connectivity index (χ1v) is 19.2. The van der Waals surface area contributed by atoms with Crippen LogP contribution >= 0.6 is 0 Å². The lowest BCUT2D eigenvalue weighted by atomic mass is 9.47. The molecule has 42 heavy (non-hydrogen) atoms. The standard InChI is InChI=1S/C39H56O2Si/c1-28(2)13-12-14-29(3)35-21-22-36-34-20-19-30-27-31(23-25-38(30,4)37(34)24-26-39(35,36)5)41-42(40,32-15-8-6-9-16-32)33-17-10-7-11-18-33/h6-11,15-19,28-29,31,34-37,40H,12-14,20-27H2,1-5H3/t29-,31+,34+,35-,36+,37+,38+,39-/m1/s1. The molecular weight excluding hydrogens is 529 g/mol. The van der Waals surface area contributed by atoms with E-state index in [1.54, 1.807) is 5.57 Å². The van der Waals surface area contributed by atoms with Gasteiger partial charge < -0.3 is 9.22 Å². The molecule has 0 amide bonds. The Morgan fingerprint density at radius 3 is 2.14 bits per heavy atom. The molecular formula is C39H56O2Si. The van der Waals surface area contributed by atoms with E-state index < -0.39 is 8.56 Å². The van der Waals surface area contributed by atoms with E-state index in [9.17, 15) is 4.80 Å². The van der Waals surface area contributed by atoms with Crippen LogP contribution in [0.25, 0.3) is 0 Å². The molecule has 0 radical (unpaired) electrons.